The SMILES string of the molecule is CCOC(=O)CN(c1cccc(SC)c1C(N)=S)C(C)C. The van der Waals surface area contributed by atoms with Gasteiger partial charge in [-0.05, 0) is 39.2 Å². The zero-order valence-electron chi connectivity index (χ0n) is 12.9. The van der Waals surface area contributed by atoms with Gasteiger partial charge in [-0.15, -0.1) is 11.8 Å². The van der Waals surface area contributed by atoms with Crippen molar-refractivity contribution in [3.8, 4) is 0 Å². The minimum absolute atomic E-state index is 0.125. The number of hydrogen-bond donors (Lipinski definition) is 1. The summed E-state index contributed by atoms with van der Waals surface area (Å²) in [6, 6.07) is 5.99. The number of ether oxygens (including phenoxy) is 1. The maximum Gasteiger partial charge on any atom is 0.325 e. The van der Waals surface area contributed by atoms with Gasteiger partial charge in [0.05, 0.1) is 6.61 Å². The van der Waals surface area contributed by atoms with Gasteiger partial charge >= 0.3 is 5.97 Å². The van der Waals surface area contributed by atoms with Gasteiger partial charge in [0.15, 0.2) is 0 Å². The third-order valence-corrected chi connectivity index (χ3v) is 3.99. The first-order valence-corrected chi connectivity index (χ1v) is 8.44. The Balaban J connectivity index is 3.25. The van der Waals surface area contributed by atoms with Gasteiger partial charge < -0.3 is 15.4 Å². The number of anilines is 1. The van der Waals surface area contributed by atoms with Crippen LogP contribution in [-0.4, -0.2) is 36.4 Å². The highest BCUT2D eigenvalue weighted by Gasteiger charge is 2.21. The van der Waals surface area contributed by atoms with E-state index in [1.54, 1.807) is 18.7 Å². The largest absolute Gasteiger partial charge is 0.465 e. The lowest BCUT2D eigenvalue weighted by Gasteiger charge is -2.30. The van der Waals surface area contributed by atoms with Gasteiger partial charge in [0.25, 0.3) is 0 Å². The van der Waals surface area contributed by atoms with Crippen molar-refractivity contribution in [3.63, 3.8) is 0 Å². The molecule has 4 nitrogen and oxygen atoms in total. The maximum atomic E-state index is 11.8. The van der Waals surface area contributed by atoms with Crippen LogP contribution in [0.2, 0.25) is 0 Å². The van der Waals surface area contributed by atoms with Crippen LogP contribution in [0.25, 0.3) is 0 Å². The van der Waals surface area contributed by atoms with Crippen LogP contribution in [-0.2, 0) is 9.53 Å². The number of nitrogens with two attached hydrogens (primary N) is 1. The third-order valence-electron chi connectivity index (χ3n) is 3.01. The molecule has 0 aliphatic carbocycles. The summed E-state index contributed by atoms with van der Waals surface area (Å²) in [6.45, 7) is 6.39. The van der Waals surface area contributed by atoms with Crippen molar-refractivity contribution < 1.29 is 9.53 Å². The first kappa shape index (κ1) is 17.8. The topological polar surface area (TPSA) is 55.6 Å². The smallest absolute Gasteiger partial charge is 0.325 e. The summed E-state index contributed by atoms with van der Waals surface area (Å²) in [6.07, 6.45) is 1.98. The van der Waals surface area contributed by atoms with Crippen LogP contribution in [0, 0.1) is 0 Å². The van der Waals surface area contributed by atoms with Gasteiger partial charge in [0, 0.05) is 22.2 Å². The molecule has 6 heteroatoms. The van der Waals surface area contributed by atoms with Gasteiger partial charge in [-0.3, -0.25) is 4.79 Å². The summed E-state index contributed by atoms with van der Waals surface area (Å²) in [5.41, 5.74) is 7.58. The van der Waals surface area contributed by atoms with E-state index in [2.05, 4.69) is 0 Å². The molecule has 2 N–H and O–H groups in total. The molecule has 1 aromatic rings. The van der Waals surface area contributed by atoms with Crippen LogP contribution in [0.5, 0.6) is 0 Å². The molecule has 0 spiro atoms. The Hall–Kier alpha value is -1.27. The van der Waals surface area contributed by atoms with Gasteiger partial charge in [0.1, 0.15) is 11.5 Å². The Morgan fingerprint density at radius 2 is 2.14 bits per heavy atom. The lowest BCUT2D eigenvalue weighted by atomic mass is 10.1. The molecule has 1 rings (SSSR count). The fourth-order valence-corrected chi connectivity index (χ4v) is 2.98. The molecule has 1 aromatic carbocycles. The number of thiocarbonyl (C=S) groups is 1. The van der Waals surface area contributed by atoms with E-state index < -0.39 is 0 Å². The van der Waals surface area contributed by atoms with Crippen molar-refractivity contribution in [2.45, 2.75) is 31.7 Å². The summed E-state index contributed by atoms with van der Waals surface area (Å²) in [4.78, 5) is 15.1. The van der Waals surface area contributed by atoms with Crippen LogP contribution in [0.4, 0.5) is 5.69 Å². The van der Waals surface area contributed by atoms with Crippen molar-refractivity contribution in [1.82, 2.24) is 0 Å². The van der Waals surface area contributed by atoms with E-state index in [1.807, 2.05) is 43.2 Å². The molecule has 0 fully saturated rings. The lowest BCUT2D eigenvalue weighted by Crippen LogP contribution is -2.38. The Morgan fingerprint density at radius 1 is 1.48 bits per heavy atom. The molecule has 0 aliphatic heterocycles. The molecule has 0 aromatic heterocycles. The molecule has 0 unspecified atom stereocenters. The van der Waals surface area contributed by atoms with Crippen LogP contribution >= 0.6 is 24.0 Å². The monoisotopic (exact) mass is 326 g/mol. The molecule has 0 amide bonds. The van der Waals surface area contributed by atoms with E-state index in [0.29, 0.717) is 11.6 Å². The fraction of sp³-hybridized carbons (Fsp3) is 0.467. The standard InChI is InChI=1S/C15H22N2O2S2/c1-5-19-13(18)9-17(10(2)3)11-7-6-8-12(21-4)14(11)15(16)20/h6-8,10H,5,9H2,1-4H3,(H2,16,20). The van der Waals surface area contributed by atoms with Gasteiger partial charge in [-0.25, -0.2) is 0 Å². The molecule has 21 heavy (non-hydrogen) atoms. The second-order valence-corrected chi connectivity index (χ2v) is 6.03. The third kappa shape index (κ3) is 4.61. The fourth-order valence-electron chi connectivity index (χ4n) is 2.07. The minimum Gasteiger partial charge on any atom is -0.465 e. The first-order chi connectivity index (χ1) is 9.92. The molecule has 116 valence electrons. The molecule has 0 saturated heterocycles. The quantitative estimate of drug-likeness (QED) is 0.472. The number of rotatable bonds is 7. The molecular weight excluding hydrogens is 304 g/mol. The van der Waals surface area contributed by atoms with E-state index in [4.69, 9.17) is 22.7 Å². The summed E-state index contributed by atoms with van der Waals surface area (Å²) >= 11 is 6.78. The number of nitrogens with zero attached hydrogens (tertiary/aromatic N) is 1. The second kappa shape index (κ2) is 8.24. The molecular formula is C15H22N2O2S2. The normalized spacial score (nSPS) is 10.5. The van der Waals surface area contributed by atoms with E-state index in [0.717, 1.165) is 16.1 Å². The molecule has 0 atom stereocenters. The number of hydrogen-bond acceptors (Lipinski definition) is 5. The Labute approximate surface area is 136 Å². The average Bonchev–Trinajstić information content (AvgIpc) is 2.43. The number of thioether (sulfide) groups is 1. The molecule has 0 heterocycles. The zero-order valence-corrected chi connectivity index (χ0v) is 14.5. The first-order valence-electron chi connectivity index (χ1n) is 6.81. The Bertz CT molecular complexity index is 518. The number of benzene rings is 1. The van der Waals surface area contributed by atoms with Crippen LogP contribution < -0.4 is 10.6 Å². The van der Waals surface area contributed by atoms with E-state index >= 15 is 0 Å². The van der Waals surface area contributed by atoms with Crippen LogP contribution in [0.3, 0.4) is 0 Å². The predicted molar refractivity (Wildman–Crippen MR) is 93.2 cm³/mol. The summed E-state index contributed by atoms with van der Waals surface area (Å²) < 4.78 is 5.05. The van der Waals surface area contributed by atoms with Crippen molar-refractivity contribution in [2.75, 3.05) is 24.3 Å². The summed E-state index contributed by atoms with van der Waals surface area (Å²) in [7, 11) is 0. The van der Waals surface area contributed by atoms with Crippen LogP contribution in [0.1, 0.15) is 26.3 Å². The number of carbonyl (C=O) groups is 1. The second-order valence-electron chi connectivity index (χ2n) is 4.75. The van der Waals surface area contributed by atoms with E-state index in [9.17, 15) is 4.79 Å². The Kier molecular flexibility index (Phi) is 6.98. The van der Waals surface area contributed by atoms with Crippen molar-refractivity contribution >= 4 is 40.6 Å². The van der Waals surface area contributed by atoms with Crippen molar-refractivity contribution in [3.05, 3.63) is 23.8 Å². The molecule has 0 bridgehead atoms. The molecule has 0 radical (unpaired) electrons. The average molecular weight is 326 g/mol. The highest BCUT2D eigenvalue weighted by Crippen LogP contribution is 2.30. The summed E-state index contributed by atoms with van der Waals surface area (Å²) in [5.74, 6) is -0.255. The summed E-state index contributed by atoms with van der Waals surface area (Å²) in [5, 5.41) is 0. The highest BCUT2D eigenvalue weighted by atomic mass is 32.2. The van der Waals surface area contributed by atoms with Gasteiger partial charge in [0.2, 0.25) is 0 Å². The predicted octanol–water partition coefficient (Wildman–Crippen LogP) is 2.82. The van der Waals surface area contributed by atoms with E-state index in [1.165, 1.54) is 0 Å². The van der Waals surface area contributed by atoms with Crippen LogP contribution in [0.15, 0.2) is 23.1 Å². The lowest BCUT2D eigenvalue weighted by molar-refractivity contribution is -0.141. The van der Waals surface area contributed by atoms with Gasteiger partial charge in [-0.1, -0.05) is 18.3 Å². The number of esters is 1. The van der Waals surface area contributed by atoms with Crippen molar-refractivity contribution in [1.29, 1.82) is 0 Å². The van der Waals surface area contributed by atoms with Gasteiger partial charge in [-0.2, -0.15) is 0 Å². The van der Waals surface area contributed by atoms with E-state index in [-0.39, 0.29) is 18.6 Å². The molecule has 0 saturated carbocycles. The minimum atomic E-state index is -0.255. The zero-order chi connectivity index (χ0) is 16.0. The number of carbonyl (C=O) groups excluding carboxylic acids is 1. The van der Waals surface area contributed by atoms with Crippen molar-refractivity contribution in [2.24, 2.45) is 5.73 Å². The molecule has 0 aliphatic rings. The Morgan fingerprint density at radius 3 is 2.62 bits per heavy atom. The maximum absolute atomic E-state index is 11.8. The highest BCUT2D eigenvalue weighted by molar-refractivity contribution is 7.98.